The Labute approximate surface area is 129 Å². The van der Waals surface area contributed by atoms with E-state index in [-0.39, 0.29) is 12.4 Å². The van der Waals surface area contributed by atoms with Crippen molar-refractivity contribution in [3.63, 3.8) is 0 Å². The van der Waals surface area contributed by atoms with Gasteiger partial charge in [-0.2, -0.15) is 0 Å². The number of ketones is 1. The van der Waals surface area contributed by atoms with E-state index in [1.165, 1.54) is 0 Å². The van der Waals surface area contributed by atoms with Crippen molar-refractivity contribution in [3.05, 3.63) is 59.2 Å². The van der Waals surface area contributed by atoms with Gasteiger partial charge in [0, 0.05) is 31.6 Å². The van der Waals surface area contributed by atoms with Gasteiger partial charge in [-0.05, 0) is 24.1 Å². The van der Waals surface area contributed by atoms with Gasteiger partial charge < -0.3 is 14.6 Å². The van der Waals surface area contributed by atoms with Crippen LogP contribution in [-0.2, 0) is 6.42 Å². The molecule has 0 saturated heterocycles. The van der Waals surface area contributed by atoms with Crippen LogP contribution in [0.3, 0.4) is 0 Å². The molecule has 0 spiro atoms. The van der Waals surface area contributed by atoms with Gasteiger partial charge in [-0.25, -0.2) is 0 Å². The van der Waals surface area contributed by atoms with E-state index in [2.05, 4.69) is 0 Å². The number of carbonyl (C=O) groups excluding carboxylic acids is 1. The molecular weight excluding hydrogens is 280 g/mol. The van der Waals surface area contributed by atoms with E-state index in [1.54, 1.807) is 24.3 Å². The summed E-state index contributed by atoms with van der Waals surface area (Å²) in [6.07, 6.45) is 0.394. The van der Waals surface area contributed by atoms with Crippen LogP contribution in [0.2, 0.25) is 0 Å². The number of hydrogen-bond acceptors (Lipinski definition) is 4. The summed E-state index contributed by atoms with van der Waals surface area (Å²) < 4.78 is 11.4. The van der Waals surface area contributed by atoms with E-state index in [1.807, 2.05) is 32.0 Å². The van der Waals surface area contributed by atoms with Crippen LogP contribution in [0.5, 0.6) is 11.5 Å². The Balaban J connectivity index is 2.06. The van der Waals surface area contributed by atoms with Crippen LogP contribution < -0.4 is 9.47 Å². The molecule has 0 saturated carbocycles. The Kier molecular flexibility index (Phi) is 3.62. The molecule has 3 rings (SSSR count). The molecule has 0 radical (unpaired) electrons. The van der Waals surface area contributed by atoms with Crippen molar-refractivity contribution in [2.24, 2.45) is 0 Å². The van der Waals surface area contributed by atoms with Crippen LogP contribution >= 0.6 is 0 Å². The van der Waals surface area contributed by atoms with Crippen LogP contribution in [0.15, 0.2) is 42.5 Å². The van der Waals surface area contributed by atoms with E-state index in [0.29, 0.717) is 29.0 Å². The van der Waals surface area contributed by atoms with Crippen LogP contribution in [-0.4, -0.2) is 23.3 Å². The smallest absolute Gasteiger partial charge is 0.246 e. The number of hydrogen-bond donors (Lipinski definition) is 1. The summed E-state index contributed by atoms with van der Waals surface area (Å²) in [6.45, 7) is 3.60. The molecule has 0 amide bonds. The summed E-state index contributed by atoms with van der Waals surface area (Å²) in [6, 6.07) is 12.6. The highest BCUT2D eigenvalue weighted by atomic mass is 16.7. The summed E-state index contributed by atoms with van der Waals surface area (Å²) >= 11 is 0. The summed E-state index contributed by atoms with van der Waals surface area (Å²) in [5.74, 6) is 0.344. The highest BCUT2D eigenvalue weighted by molar-refractivity contribution is 6.10. The Morgan fingerprint density at radius 1 is 1.09 bits per heavy atom. The number of ether oxygens (including phenoxy) is 2. The van der Waals surface area contributed by atoms with Crippen molar-refractivity contribution in [1.29, 1.82) is 0 Å². The monoisotopic (exact) mass is 298 g/mol. The number of aliphatic hydroxyl groups is 1. The quantitative estimate of drug-likeness (QED) is 0.882. The summed E-state index contributed by atoms with van der Waals surface area (Å²) in [4.78, 5) is 12.7. The first-order valence-electron chi connectivity index (χ1n) is 7.26. The molecule has 1 heterocycles. The van der Waals surface area contributed by atoms with Crippen molar-refractivity contribution in [2.45, 2.75) is 26.1 Å². The first-order chi connectivity index (χ1) is 10.5. The average Bonchev–Trinajstić information content (AvgIpc) is 2.80. The first kappa shape index (κ1) is 14.6. The normalized spacial score (nSPS) is 14.9. The standard InChI is InChI=1S/C18H18O4/c1-18(2)21-15-10-13(8-9-19)14(11-16(15)22-18)17(20)12-6-4-3-5-7-12/h3-7,10-11,19H,8-9H2,1-2H3. The van der Waals surface area contributed by atoms with Crippen molar-refractivity contribution in [3.8, 4) is 11.5 Å². The maximum atomic E-state index is 12.7. The van der Waals surface area contributed by atoms with Gasteiger partial charge in [-0.3, -0.25) is 4.79 Å². The Hall–Kier alpha value is -2.33. The van der Waals surface area contributed by atoms with E-state index in [0.717, 1.165) is 5.56 Å². The molecule has 0 atom stereocenters. The van der Waals surface area contributed by atoms with E-state index < -0.39 is 5.79 Å². The molecular formula is C18H18O4. The lowest BCUT2D eigenvalue weighted by Crippen LogP contribution is -2.29. The van der Waals surface area contributed by atoms with Crippen LogP contribution in [0.25, 0.3) is 0 Å². The maximum absolute atomic E-state index is 12.7. The average molecular weight is 298 g/mol. The molecule has 1 N–H and O–H groups in total. The Morgan fingerprint density at radius 3 is 2.36 bits per heavy atom. The van der Waals surface area contributed by atoms with Crippen LogP contribution in [0.1, 0.15) is 35.3 Å². The Bertz CT molecular complexity index is 705. The number of rotatable bonds is 4. The van der Waals surface area contributed by atoms with Gasteiger partial charge in [0.05, 0.1) is 0 Å². The maximum Gasteiger partial charge on any atom is 0.246 e. The molecule has 114 valence electrons. The van der Waals surface area contributed by atoms with Gasteiger partial charge in [0.25, 0.3) is 0 Å². The number of fused-ring (bicyclic) bond motifs is 1. The lowest BCUT2D eigenvalue weighted by molar-refractivity contribution is -0.0431. The predicted molar refractivity (Wildman–Crippen MR) is 82.4 cm³/mol. The molecule has 22 heavy (non-hydrogen) atoms. The predicted octanol–water partition coefficient (Wildman–Crippen LogP) is 2.96. The Morgan fingerprint density at radius 2 is 1.73 bits per heavy atom. The second-order valence-electron chi connectivity index (χ2n) is 5.73. The van der Waals surface area contributed by atoms with Gasteiger partial charge in [0.15, 0.2) is 17.3 Å². The topological polar surface area (TPSA) is 55.8 Å². The lowest BCUT2D eigenvalue weighted by Gasteiger charge is -2.16. The van der Waals surface area contributed by atoms with Gasteiger partial charge in [-0.1, -0.05) is 30.3 Å². The summed E-state index contributed by atoms with van der Waals surface area (Å²) in [5, 5.41) is 9.26. The molecule has 2 aromatic carbocycles. The fourth-order valence-corrected chi connectivity index (χ4v) is 2.60. The van der Waals surface area contributed by atoms with E-state index in [9.17, 15) is 9.90 Å². The molecule has 4 nitrogen and oxygen atoms in total. The summed E-state index contributed by atoms with van der Waals surface area (Å²) in [7, 11) is 0. The molecule has 0 unspecified atom stereocenters. The fourth-order valence-electron chi connectivity index (χ4n) is 2.60. The molecule has 0 aliphatic carbocycles. The zero-order valence-electron chi connectivity index (χ0n) is 12.6. The number of carbonyl (C=O) groups is 1. The third-order valence-electron chi connectivity index (χ3n) is 3.54. The molecule has 1 aliphatic heterocycles. The molecule has 1 aliphatic rings. The highest BCUT2D eigenvalue weighted by Gasteiger charge is 2.33. The molecule has 0 fully saturated rings. The first-order valence-corrected chi connectivity index (χ1v) is 7.26. The van der Waals surface area contributed by atoms with Crippen LogP contribution in [0.4, 0.5) is 0 Å². The fraction of sp³-hybridized carbons (Fsp3) is 0.278. The van der Waals surface area contributed by atoms with Gasteiger partial charge >= 0.3 is 0 Å². The van der Waals surface area contributed by atoms with Crippen LogP contribution in [0, 0.1) is 0 Å². The third kappa shape index (κ3) is 2.70. The van der Waals surface area contributed by atoms with E-state index in [4.69, 9.17) is 9.47 Å². The second kappa shape index (κ2) is 5.46. The van der Waals surface area contributed by atoms with Crippen molar-refractivity contribution in [1.82, 2.24) is 0 Å². The van der Waals surface area contributed by atoms with Gasteiger partial charge in [0.2, 0.25) is 5.79 Å². The van der Waals surface area contributed by atoms with Crippen molar-refractivity contribution >= 4 is 5.78 Å². The highest BCUT2D eigenvalue weighted by Crippen LogP contribution is 2.41. The van der Waals surface area contributed by atoms with Crippen molar-refractivity contribution in [2.75, 3.05) is 6.61 Å². The van der Waals surface area contributed by atoms with Crippen molar-refractivity contribution < 1.29 is 19.4 Å². The third-order valence-corrected chi connectivity index (χ3v) is 3.54. The number of benzene rings is 2. The zero-order chi connectivity index (χ0) is 15.7. The van der Waals surface area contributed by atoms with Gasteiger partial charge in [0.1, 0.15) is 0 Å². The summed E-state index contributed by atoms with van der Waals surface area (Å²) in [5.41, 5.74) is 1.91. The zero-order valence-corrected chi connectivity index (χ0v) is 12.6. The minimum atomic E-state index is -0.743. The molecule has 2 aromatic rings. The van der Waals surface area contributed by atoms with E-state index >= 15 is 0 Å². The SMILES string of the molecule is CC1(C)Oc2cc(CCO)c(C(=O)c3ccccc3)cc2O1. The lowest BCUT2D eigenvalue weighted by atomic mass is 9.96. The number of aliphatic hydroxyl groups excluding tert-OH is 1. The molecule has 0 bridgehead atoms. The molecule has 0 aromatic heterocycles. The van der Waals surface area contributed by atoms with Gasteiger partial charge in [-0.15, -0.1) is 0 Å². The molecule has 4 heteroatoms. The minimum Gasteiger partial charge on any atom is -0.449 e. The second-order valence-corrected chi connectivity index (χ2v) is 5.73. The minimum absolute atomic E-state index is 0.0297. The largest absolute Gasteiger partial charge is 0.449 e.